The van der Waals surface area contributed by atoms with Gasteiger partial charge in [0.1, 0.15) is 17.1 Å². The molecule has 3 aromatic rings. The maximum Gasteiger partial charge on any atom is 0.412 e. The molecule has 0 aliphatic carbocycles. The molecule has 2 N–H and O–H groups in total. The van der Waals surface area contributed by atoms with Gasteiger partial charge in [-0.25, -0.2) is 14.8 Å². The van der Waals surface area contributed by atoms with E-state index in [1.54, 1.807) is 39.2 Å². The normalized spacial score (nSPS) is 10.6. The van der Waals surface area contributed by atoms with Crippen molar-refractivity contribution in [3.05, 3.63) is 82.3 Å². The third kappa shape index (κ3) is 7.06. The van der Waals surface area contributed by atoms with Gasteiger partial charge in [-0.3, -0.25) is 10.1 Å². The lowest BCUT2D eigenvalue weighted by molar-refractivity contribution is 0.0635. The molecule has 0 radical (unpaired) electrons. The molecule has 0 unspecified atom stereocenters. The average Bonchev–Trinajstić information content (AvgIpc) is 2.74. The lowest BCUT2D eigenvalue weighted by atomic mass is 10.1. The van der Waals surface area contributed by atoms with Gasteiger partial charge >= 0.3 is 6.09 Å². The molecule has 0 spiro atoms. The summed E-state index contributed by atoms with van der Waals surface area (Å²) in [7, 11) is 0. The van der Waals surface area contributed by atoms with Gasteiger partial charge < -0.3 is 10.1 Å². The number of aromatic nitrogens is 2. The summed E-state index contributed by atoms with van der Waals surface area (Å²) >= 11 is 6.22. The average molecular weight is 463 g/mol. The molecule has 0 fully saturated rings. The van der Waals surface area contributed by atoms with E-state index >= 15 is 0 Å². The van der Waals surface area contributed by atoms with Crippen LogP contribution in [0.15, 0.2) is 54.9 Å². The van der Waals surface area contributed by atoms with E-state index in [0.717, 1.165) is 5.56 Å². The van der Waals surface area contributed by atoms with Crippen LogP contribution in [0.4, 0.5) is 16.3 Å². The number of anilines is 2. The first-order valence-electron chi connectivity index (χ1n) is 10.1. The van der Waals surface area contributed by atoms with Crippen molar-refractivity contribution in [3.63, 3.8) is 0 Å². The number of nitrogens with zero attached hydrogens (tertiary/aromatic N) is 2. The summed E-state index contributed by atoms with van der Waals surface area (Å²) < 4.78 is 5.23. The topological polar surface area (TPSA) is 93.2 Å². The fourth-order valence-corrected chi connectivity index (χ4v) is 2.92. The van der Waals surface area contributed by atoms with E-state index in [1.807, 2.05) is 31.2 Å². The fourth-order valence-electron chi connectivity index (χ4n) is 2.72. The van der Waals surface area contributed by atoms with Crippen LogP contribution in [0.2, 0.25) is 5.02 Å². The van der Waals surface area contributed by atoms with Crippen LogP contribution in [0.5, 0.6) is 0 Å². The Bertz CT molecular complexity index is 1240. The molecule has 0 saturated heterocycles. The lowest BCUT2D eigenvalue weighted by Crippen LogP contribution is -2.27. The molecule has 7 nitrogen and oxygen atoms in total. The Morgan fingerprint density at radius 2 is 1.82 bits per heavy atom. The second-order valence-electron chi connectivity index (χ2n) is 8.13. The van der Waals surface area contributed by atoms with E-state index in [9.17, 15) is 9.59 Å². The molecular formula is C25H23ClN4O3. The Hall–Kier alpha value is -3.89. The van der Waals surface area contributed by atoms with Crippen LogP contribution in [0.3, 0.4) is 0 Å². The number of nitrogens with one attached hydrogen (secondary N) is 2. The highest BCUT2D eigenvalue weighted by molar-refractivity contribution is 6.34. The van der Waals surface area contributed by atoms with Crippen molar-refractivity contribution < 1.29 is 14.3 Å². The Balaban J connectivity index is 1.73. The number of hydrogen-bond acceptors (Lipinski definition) is 5. The first-order valence-corrected chi connectivity index (χ1v) is 10.5. The minimum atomic E-state index is -0.645. The summed E-state index contributed by atoms with van der Waals surface area (Å²) in [5, 5.41) is 5.58. The van der Waals surface area contributed by atoms with Crippen LogP contribution in [0.25, 0.3) is 0 Å². The van der Waals surface area contributed by atoms with Gasteiger partial charge in [0, 0.05) is 23.6 Å². The summed E-state index contributed by atoms with van der Waals surface area (Å²) in [6.45, 7) is 7.10. The van der Waals surface area contributed by atoms with Crippen LogP contribution in [0, 0.1) is 18.8 Å². The Morgan fingerprint density at radius 3 is 2.48 bits per heavy atom. The molecule has 8 heteroatoms. The number of carbonyl (C=O) groups is 2. The molecule has 2 amide bonds. The van der Waals surface area contributed by atoms with E-state index in [-0.39, 0.29) is 10.6 Å². The molecule has 33 heavy (non-hydrogen) atoms. The summed E-state index contributed by atoms with van der Waals surface area (Å²) in [6.07, 6.45) is 2.62. The molecule has 0 atom stereocenters. The number of halogens is 1. The molecule has 0 saturated carbocycles. The second kappa shape index (κ2) is 10.2. The minimum Gasteiger partial charge on any atom is -0.444 e. The zero-order valence-electron chi connectivity index (χ0n) is 18.7. The van der Waals surface area contributed by atoms with Gasteiger partial charge in [0.05, 0.1) is 10.6 Å². The molecule has 0 aliphatic heterocycles. The zero-order chi connectivity index (χ0) is 24.0. The number of ether oxygens (including phenoxy) is 1. The summed E-state index contributed by atoms with van der Waals surface area (Å²) in [5.74, 6) is 5.89. The summed E-state index contributed by atoms with van der Waals surface area (Å²) in [6, 6.07) is 11.9. The number of hydrogen-bond donors (Lipinski definition) is 2. The third-order valence-corrected chi connectivity index (χ3v) is 4.50. The second-order valence-corrected chi connectivity index (χ2v) is 8.54. The highest BCUT2D eigenvalue weighted by Crippen LogP contribution is 2.23. The predicted molar refractivity (Wildman–Crippen MR) is 128 cm³/mol. The largest absolute Gasteiger partial charge is 0.444 e. The van der Waals surface area contributed by atoms with E-state index in [2.05, 4.69) is 32.4 Å². The molecule has 1 aromatic carbocycles. The molecular weight excluding hydrogens is 440 g/mol. The zero-order valence-corrected chi connectivity index (χ0v) is 19.4. The summed E-state index contributed by atoms with van der Waals surface area (Å²) in [5.41, 5.74) is 2.00. The predicted octanol–water partition coefficient (Wildman–Crippen LogP) is 5.44. The van der Waals surface area contributed by atoms with Crippen LogP contribution in [-0.2, 0) is 4.74 Å². The number of pyridine rings is 2. The molecule has 0 aliphatic rings. The van der Waals surface area contributed by atoms with Crippen molar-refractivity contribution in [2.75, 3.05) is 10.6 Å². The Morgan fingerprint density at radius 1 is 1.03 bits per heavy atom. The van der Waals surface area contributed by atoms with Gasteiger partial charge in [0.15, 0.2) is 0 Å². The van der Waals surface area contributed by atoms with Crippen molar-refractivity contribution in [3.8, 4) is 11.8 Å². The number of amides is 2. The number of rotatable bonds is 3. The lowest BCUT2D eigenvalue weighted by Gasteiger charge is -2.20. The summed E-state index contributed by atoms with van der Waals surface area (Å²) in [4.78, 5) is 33.3. The molecule has 0 bridgehead atoms. The van der Waals surface area contributed by atoms with Crippen LogP contribution >= 0.6 is 11.6 Å². The molecule has 2 aromatic heterocycles. The van der Waals surface area contributed by atoms with Crippen molar-refractivity contribution in [1.82, 2.24) is 9.97 Å². The van der Waals surface area contributed by atoms with Gasteiger partial charge in [-0.15, -0.1) is 0 Å². The number of benzene rings is 1. The highest BCUT2D eigenvalue weighted by Gasteiger charge is 2.18. The van der Waals surface area contributed by atoms with Gasteiger partial charge in [-0.2, -0.15) is 0 Å². The maximum atomic E-state index is 12.8. The van der Waals surface area contributed by atoms with E-state index in [0.29, 0.717) is 22.8 Å². The van der Waals surface area contributed by atoms with Crippen LogP contribution in [0.1, 0.15) is 48.0 Å². The van der Waals surface area contributed by atoms with Crippen molar-refractivity contribution in [2.24, 2.45) is 0 Å². The van der Waals surface area contributed by atoms with Gasteiger partial charge in [0.2, 0.25) is 0 Å². The monoisotopic (exact) mass is 462 g/mol. The molecule has 3 rings (SSSR count). The molecule has 168 valence electrons. The van der Waals surface area contributed by atoms with Gasteiger partial charge in [-0.1, -0.05) is 23.6 Å². The number of aryl methyl sites for hydroxylation is 1. The van der Waals surface area contributed by atoms with Gasteiger partial charge in [-0.05, 0) is 75.6 Å². The number of carbonyl (C=O) groups excluding carboxylic acids is 2. The molecule has 2 heterocycles. The van der Waals surface area contributed by atoms with E-state index < -0.39 is 17.6 Å². The van der Waals surface area contributed by atoms with Gasteiger partial charge in [0.25, 0.3) is 5.91 Å². The SMILES string of the molecule is Cc1cc(C#Cc2ccccn2)cnc1NC(=O)c1cc(NC(=O)OC(C)(C)C)ccc1Cl. The first-order chi connectivity index (χ1) is 15.6. The third-order valence-electron chi connectivity index (χ3n) is 4.17. The van der Waals surface area contributed by atoms with E-state index in [1.165, 1.54) is 12.1 Å². The van der Waals surface area contributed by atoms with Crippen molar-refractivity contribution in [2.45, 2.75) is 33.3 Å². The maximum absolute atomic E-state index is 12.8. The Kier molecular flexibility index (Phi) is 7.31. The smallest absolute Gasteiger partial charge is 0.412 e. The fraction of sp³-hybridized carbons (Fsp3) is 0.200. The van der Waals surface area contributed by atoms with Crippen molar-refractivity contribution in [1.29, 1.82) is 0 Å². The highest BCUT2D eigenvalue weighted by atomic mass is 35.5. The standard InChI is InChI=1S/C25H23ClN4O3/c1-16-13-17(8-9-18-7-5-6-12-27-18)15-28-22(16)30-23(31)20-14-19(10-11-21(20)26)29-24(32)33-25(2,3)4/h5-7,10-15H,1-4H3,(H,29,32)(H,28,30,31). The van der Waals surface area contributed by atoms with Crippen molar-refractivity contribution >= 4 is 35.1 Å². The van der Waals surface area contributed by atoms with Crippen LogP contribution < -0.4 is 10.6 Å². The minimum absolute atomic E-state index is 0.186. The van der Waals surface area contributed by atoms with Crippen LogP contribution in [-0.4, -0.2) is 27.6 Å². The quantitative estimate of drug-likeness (QED) is 0.505. The Labute approximate surface area is 197 Å². The first kappa shape index (κ1) is 23.8. The van der Waals surface area contributed by atoms with E-state index in [4.69, 9.17) is 16.3 Å².